The first-order valence-corrected chi connectivity index (χ1v) is 10.3. The van der Waals surface area contributed by atoms with Crippen LogP contribution in [0, 0.1) is 6.92 Å². The molecule has 1 heterocycles. The number of H-pyrrole nitrogens is 1. The number of nitrogens with one attached hydrogen (secondary N) is 1. The van der Waals surface area contributed by atoms with Gasteiger partial charge in [0.1, 0.15) is 0 Å². The summed E-state index contributed by atoms with van der Waals surface area (Å²) in [5.74, 6) is -2.74. The van der Waals surface area contributed by atoms with Crippen molar-refractivity contribution in [3.05, 3.63) is 91.3 Å². The van der Waals surface area contributed by atoms with Crippen LogP contribution in [0.15, 0.2) is 53.3 Å². The predicted molar refractivity (Wildman–Crippen MR) is 119 cm³/mol. The lowest BCUT2D eigenvalue weighted by Crippen LogP contribution is -2.47. The Morgan fingerprint density at radius 2 is 1.58 bits per heavy atom. The molecule has 33 heavy (non-hydrogen) atoms. The van der Waals surface area contributed by atoms with Crippen LogP contribution in [0.5, 0.6) is 0 Å². The summed E-state index contributed by atoms with van der Waals surface area (Å²) >= 11 is 12.3. The minimum atomic E-state index is -5.09. The van der Waals surface area contributed by atoms with Crippen LogP contribution in [0.4, 0.5) is 13.2 Å². The zero-order chi connectivity index (χ0) is 24.7. The fraction of sp³-hybridized carbons (Fsp3) is 0.217. The van der Waals surface area contributed by atoms with E-state index in [1.165, 1.54) is 50.2 Å². The SMILES string of the molecule is Cc1[nH]c(=O)ccc1C(O)(C(C)c1ccc(-c2ccc(C(=O)O)c(Cl)c2)cc1Cl)C(F)(F)F. The number of pyridine rings is 1. The van der Waals surface area contributed by atoms with E-state index in [4.69, 9.17) is 28.3 Å². The molecule has 2 unspecified atom stereocenters. The van der Waals surface area contributed by atoms with E-state index in [2.05, 4.69) is 4.98 Å². The molecule has 0 aliphatic heterocycles. The number of alkyl halides is 3. The first-order valence-electron chi connectivity index (χ1n) is 9.59. The van der Waals surface area contributed by atoms with E-state index >= 15 is 0 Å². The lowest BCUT2D eigenvalue weighted by Gasteiger charge is -2.37. The first kappa shape index (κ1) is 24.8. The molecule has 5 nitrogen and oxygen atoms in total. The smallest absolute Gasteiger partial charge is 0.422 e. The van der Waals surface area contributed by atoms with Crippen LogP contribution in [0.2, 0.25) is 10.0 Å². The Kier molecular flexibility index (Phi) is 6.66. The van der Waals surface area contributed by atoms with Gasteiger partial charge in [-0.05, 0) is 47.9 Å². The molecule has 2 aromatic carbocycles. The highest BCUT2D eigenvalue weighted by molar-refractivity contribution is 6.34. The second kappa shape index (κ2) is 8.85. The maximum atomic E-state index is 14.2. The Hall–Kier alpha value is -2.81. The van der Waals surface area contributed by atoms with E-state index < -0.39 is 34.8 Å². The summed E-state index contributed by atoms with van der Waals surface area (Å²) in [5, 5.41) is 20.0. The molecular weight excluding hydrogens is 482 g/mol. The minimum absolute atomic E-state index is 0.00596. The third-order valence-electron chi connectivity index (χ3n) is 5.59. The Balaban J connectivity index is 2.09. The van der Waals surface area contributed by atoms with Gasteiger partial charge in [0.15, 0.2) is 5.60 Å². The molecule has 3 rings (SSSR count). The third kappa shape index (κ3) is 4.51. The van der Waals surface area contributed by atoms with Gasteiger partial charge in [0.2, 0.25) is 5.56 Å². The number of carbonyl (C=O) groups is 1. The molecule has 0 saturated heterocycles. The lowest BCUT2D eigenvalue weighted by atomic mass is 9.77. The highest BCUT2D eigenvalue weighted by Gasteiger charge is 2.59. The molecule has 0 bridgehead atoms. The average Bonchev–Trinajstić information content (AvgIpc) is 2.71. The van der Waals surface area contributed by atoms with Gasteiger partial charge < -0.3 is 15.2 Å². The predicted octanol–water partition coefficient (Wildman–Crippen LogP) is 5.91. The van der Waals surface area contributed by atoms with Crippen molar-refractivity contribution < 1.29 is 28.2 Å². The quantitative estimate of drug-likeness (QED) is 0.407. The summed E-state index contributed by atoms with van der Waals surface area (Å²) in [7, 11) is 0. The van der Waals surface area contributed by atoms with E-state index in [1.807, 2.05) is 0 Å². The molecule has 0 radical (unpaired) electrons. The van der Waals surface area contributed by atoms with Crippen molar-refractivity contribution in [1.29, 1.82) is 0 Å². The van der Waals surface area contributed by atoms with Gasteiger partial charge in [-0.15, -0.1) is 0 Å². The zero-order valence-corrected chi connectivity index (χ0v) is 18.8. The second-order valence-electron chi connectivity index (χ2n) is 7.58. The summed E-state index contributed by atoms with van der Waals surface area (Å²) < 4.78 is 42.5. The molecule has 3 N–H and O–H groups in total. The molecule has 3 aromatic rings. The number of carboxylic acids is 1. The molecule has 0 fully saturated rings. The van der Waals surface area contributed by atoms with Crippen molar-refractivity contribution in [2.45, 2.75) is 31.5 Å². The van der Waals surface area contributed by atoms with Gasteiger partial charge in [0.05, 0.1) is 10.6 Å². The molecule has 0 amide bonds. The van der Waals surface area contributed by atoms with Crippen molar-refractivity contribution in [1.82, 2.24) is 4.98 Å². The van der Waals surface area contributed by atoms with Crippen molar-refractivity contribution in [2.24, 2.45) is 0 Å². The Bertz CT molecular complexity index is 1290. The van der Waals surface area contributed by atoms with Crippen LogP contribution in [-0.2, 0) is 5.60 Å². The van der Waals surface area contributed by atoms with E-state index in [0.29, 0.717) is 11.1 Å². The van der Waals surface area contributed by atoms with Gasteiger partial charge in [-0.3, -0.25) is 4.79 Å². The minimum Gasteiger partial charge on any atom is -0.478 e. The Morgan fingerprint density at radius 3 is 2.06 bits per heavy atom. The van der Waals surface area contributed by atoms with E-state index in [9.17, 15) is 27.9 Å². The monoisotopic (exact) mass is 499 g/mol. The maximum Gasteiger partial charge on any atom is 0.422 e. The number of hydrogen-bond donors (Lipinski definition) is 3. The largest absolute Gasteiger partial charge is 0.478 e. The normalized spacial score (nSPS) is 14.5. The van der Waals surface area contributed by atoms with E-state index in [-0.39, 0.29) is 26.9 Å². The number of aromatic nitrogens is 1. The second-order valence-corrected chi connectivity index (χ2v) is 8.40. The van der Waals surface area contributed by atoms with Gasteiger partial charge in [0.25, 0.3) is 0 Å². The number of aromatic amines is 1. The Labute approximate surface area is 196 Å². The summed E-state index contributed by atoms with van der Waals surface area (Å²) in [4.78, 5) is 24.9. The number of carboxylic acid groups (broad SMARTS) is 1. The maximum absolute atomic E-state index is 14.2. The van der Waals surface area contributed by atoms with Gasteiger partial charge in [0, 0.05) is 28.3 Å². The molecule has 0 saturated carbocycles. The van der Waals surface area contributed by atoms with Crippen molar-refractivity contribution in [3.63, 3.8) is 0 Å². The molecule has 10 heteroatoms. The number of halogens is 5. The summed E-state index contributed by atoms with van der Waals surface area (Å²) in [6, 6.07) is 10.4. The van der Waals surface area contributed by atoms with Crippen LogP contribution in [0.3, 0.4) is 0 Å². The van der Waals surface area contributed by atoms with E-state index in [1.54, 1.807) is 0 Å². The van der Waals surface area contributed by atoms with Gasteiger partial charge in [-0.25, -0.2) is 4.79 Å². The number of aryl methyl sites for hydroxylation is 1. The van der Waals surface area contributed by atoms with Crippen molar-refractivity contribution in [2.75, 3.05) is 0 Å². The van der Waals surface area contributed by atoms with Crippen LogP contribution in [-0.4, -0.2) is 27.3 Å². The zero-order valence-electron chi connectivity index (χ0n) is 17.3. The summed E-state index contributed by atoms with van der Waals surface area (Å²) in [6.45, 7) is 2.47. The number of hydrogen-bond acceptors (Lipinski definition) is 3. The molecule has 0 spiro atoms. The van der Waals surface area contributed by atoms with Crippen LogP contribution in [0.25, 0.3) is 11.1 Å². The Morgan fingerprint density at radius 1 is 1.00 bits per heavy atom. The third-order valence-corrected chi connectivity index (χ3v) is 6.23. The molecule has 1 aromatic heterocycles. The highest BCUT2D eigenvalue weighted by atomic mass is 35.5. The number of aromatic carboxylic acids is 1. The first-order chi connectivity index (χ1) is 15.3. The van der Waals surface area contributed by atoms with Gasteiger partial charge >= 0.3 is 12.1 Å². The van der Waals surface area contributed by atoms with Crippen LogP contribution in [0.1, 0.15) is 40.0 Å². The topological polar surface area (TPSA) is 90.4 Å². The van der Waals surface area contributed by atoms with Crippen LogP contribution >= 0.6 is 23.2 Å². The number of rotatable bonds is 5. The van der Waals surface area contributed by atoms with Gasteiger partial charge in [-0.2, -0.15) is 13.2 Å². The highest BCUT2D eigenvalue weighted by Crippen LogP contribution is 2.50. The fourth-order valence-corrected chi connectivity index (χ4v) is 4.38. The summed E-state index contributed by atoms with van der Waals surface area (Å²) in [5.41, 5.74) is -3.60. The molecule has 174 valence electrons. The van der Waals surface area contributed by atoms with E-state index in [0.717, 1.165) is 12.1 Å². The lowest BCUT2D eigenvalue weighted by molar-refractivity contribution is -0.274. The number of aliphatic hydroxyl groups is 1. The van der Waals surface area contributed by atoms with Crippen molar-refractivity contribution in [3.8, 4) is 11.1 Å². The van der Waals surface area contributed by atoms with Crippen LogP contribution < -0.4 is 5.56 Å². The number of benzene rings is 2. The summed E-state index contributed by atoms with van der Waals surface area (Å²) in [6.07, 6.45) is -5.09. The standard InChI is InChI=1S/C23H18Cl2F3NO4/c1-11(22(33,23(26,27)28)17-7-8-20(30)29-12(17)2)15-5-3-13(9-18(15)24)14-4-6-16(21(31)32)19(25)10-14/h3-11,33H,1-2H3,(H,29,30)(H,31,32). The molecule has 2 atom stereocenters. The van der Waals surface area contributed by atoms with Crippen molar-refractivity contribution >= 4 is 29.2 Å². The molecular formula is C23H18Cl2F3NO4. The van der Waals surface area contributed by atoms with Gasteiger partial charge in [-0.1, -0.05) is 48.3 Å². The fourth-order valence-electron chi connectivity index (χ4n) is 3.77. The molecule has 0 aliphatic carbocycles. The average molecular weight is 500 g/mol. The molecule has 0 aliphatic rings.